The van der Waals surface area contributed by atoms with Crippen molar-refractivity contribution < 1.29 is 29.1 Å². The van der Waals surface area contributed by atoms with Crippen molar-refractivity contribution in [3.63, 3.8) is 0 Å². The van der Waals surface area contributed by atoms with Crippen molar-refractivity contribution in [3.05, 3.63) is 23.8 Å². The highest BCUT2D eigenvalue weighted by atomic mass is 16.5. The maximum Gasteiger partial charge on any atom is 0.488 e. The summed E-state index contributed by atoms with van der Waals surface area (Å²) < 4.78 is 15.2. The lowest BCUT2D eigenvalue weighted by Gasteiger charge is -2.12. The molecule has 2 N–H and O–H groups in total. The Morgan fingerprint density at radius 1 is 1.32 bits per heavy atom. The molecule has 0 spiro atoms. The summed E-state index contributed by atoms with van der Waals surface area (Å²) >= 11 is 0. The number of benzene rings is 1. The van der Waals surface area contributed by atoms with E-state index in [9.17, 15) is 4.79 Å². The Kier molecular flexibility index (Phi) is 6.34. The minimum Gasteiger partial charge on any atom is -0.490 e. The van der Waals surface area contributed by atoms with Gasteiger partial charge in [-0.15, -0.1) is 0 Å². The molecule has 0 radical (unpaired) electrons. The van der Waals surface area contributed by atoms with Crippen LogP contribution in [0.5, 0.6) is 5.75 Å². The molecule has 1 aromatic carbocycles. The number of rotatable bonds is 7. The summed E-state index contributed by atoms with van der Waals surface area (Å²) in [7, 11) is -0.359. The summed E-state index contributed by atoms with van der Waals surface area (Å²) in [6, 6.07) is 4.24. The minimum atomic E-state index is -1.62. The van der Waals surface area contributed by atoms with E-state index in [1.807, 2.05) is 6.92 Å². The van der Waals surface area contributed by atoms with Crippen LogP contribution in [0.25, 0.3) is 0 Å². The third-order valence-corrected chi connectivity index (χ3v) is 2.40. The molecule has 19 heavy (non-hydrogen) atoms. The Bertz CT molecular complexity index is 421. The van der Waals surface area contributed by atoms with Gasteiger partial charge in [0.25, 0.3) is 0 Å². The smallest absolute Gasteiger partial charge is 0.488 e. The van der Waals surface area contributed by atoms with Gasteiger partial charge in [0.05, 0.1) is 13.7 Å². The highest BCUT2D eigenvalue weighted by Gasteiger charge is 2.18. The largest absolute Gasteiger partial charge is 0.490 e. The Labute approximate surface area is 112 Å². The van der Waals surface area contributed by atoms with Crippen molar-refractivity contribution in [2.75, 3.05) is 26.9 Å². The highest BCUT2D eigenvalue weighted by molar-refractivity contribution is 6.58. The standard InChI is InChI=1S/C12H17BO6/c1-3-18-6-7-19-11-8-9(13(15)16)4-5-10(11)12(14)17-2/h4-5,8,15-16H,3,6-7H2,1-2H3. The van der Waals surface area contributed by atoms with Gasteiger partial charge in [-0.1, -0.05) is 6.07 Å². The van der Waals surface area contributed by atoms with Crippen molar-refractivity contribution in [3.8, 4) is 5.75 Å². The molecule has 1 aromatic rings. The Morgan fingerprint density at radius 3 is 2.63 bits per heavy atom. The van der Waals surface area contributed by atoms with E-state index in [4.69, 9.17) is 19.5 Å². The van der Waals surface area contributed by atoms with Gasteiger partial charge in [-0.25, -0.2) is 4.79 Å². The third-order valence-electron chi connectivity index (χ3n) is 2.40. The summed E-state index contributed by atoms with van der Waals surface area (Å²) in [5.41, 5.74) is 0.461. The predicted octanol–water partition coefficient (Wildman–Crippen LogP) is -0.432. The molecule has 0 fully saturated rings. The van der Waals surface area contributed by atoms with E-state index in [0.29, 0.717) is 13.2 Å². The number of ether oxygens (including phenoxy) is 3. The summed E-state index contributed by atoms with van der Waals surface area (Å²) in [5.74, 6) is -0.317. The van der Waals surface area contributed by atoms with E-state index in [0.717, 1.165) is 0 Å². The highest BCUT2D eigenvalue weighted by Crippen LogP contribution is 2.18. The second-order valence-electron chi connectivity index (χ2n) is 3.67. The lowest BCUT2D eigenvalue weighted by molar-refractivity contribution is 0.0592. The first kappa shape index (κ1) is 15.5. The molecule has 7 heteroatoms. The topological polar surface area (TPSA) is 85.2 Å². The van der Waals surface area contributed by atoms with Crippen molar-refractivity contribution in [1.29, 1.82) is 0 Å². The van der Waals surface area contributed by atoms with Gasteiger partial charge in [0, 0.05) is 6.61 Å². The molecule has 0 saturated heterocycles. The first-order chi connectivity index (χ1) is 9.10. The average Bonchev–Trinajstić information content (AvgIpc) is 2.42. The zero-order valence-corrected chi connectivity index (χ0v) is 11.0. The van der Waals surface area contributed by atoms with Crippen molar-refractivity contribution in [2.24, 2.45) is 0 Å². The van der Waals surface area contributed by atoms with Gasteiger partial charge in [0.1, 0.15) is 17.9 Å². The molecule has 6 nitrogen and oxygen atoms in total. The summed E-state index contributed by atoms with van der Waals surface area (Å²) in [4.78, 5) is 11.5. The first-order valence-corrected chi connectivity index (χ1v) is 5.89. The molecule has 0 atom stereocenters. The number of carbonyl (C=O) groups is 1. The van der Waals surface area contributed by atoms with E-state index in [-0.39, 0.29) is 23.4 Å². The number of methoxy groups -OCH3 is 1. The van der Waals surface area contributed by atoms with Crippen molar-refractivity contribution in [1.82, 2.24) is 0 Å². The predicted molar refractivity (Wildman–Crippen MR) is 69.6 cm³/mol. The molecule has 0 aliphatic rings. The van der Waals surface area contributed by atoms with E-state index in [2.05, 4.69) is 4.74 Å². The van der Waals surface area contributed by atoms with Gasteiger partial charge >= 0.3 is 13.1 Å². The van der Waals surface area contributed by atoms with Crippen LogP contribution in [0.1, 0.15) is 17.3 Å². The lowest BCUT2D eigenvalue weighted by atomic mass is 9.80. The fraction of sp³-hybridized carbons (Fsp3) is 0.417. The number of hydrogen-bond acceptors (Lipinski definition) is 6. The maximum absolute atomic E-state index is 11.5. The van der Waals surface area contributed by atoms with Crippen LogP contribution in [0.3, 0.4) is 0 Å². The fourth-order valence-corrected chi connectivity index (χ4v) is 1.45. The van der Waals surface area contributed by atoms with Crippen LogP contribution in [-0.2, 0) is 9.47 Å². The van der Waals surface area contributed by atoms with Crippen LogP contribution in [0.15, 0.2) is 18.2 Å². The summed E-state index contributed by atoms with van der Waals surface area (Å²) in [6.45, 7) is 3.07. The molecule has 0 heterocycles. The van der Waals surface area contributed by atoms with Gasteiger partial charge in [-0.2, -0.15) is 0 Å². The summed E-state index contributed by atoms with van der Waals surface area (Å²) in [5, 5.41) is 18.2. The maximum atomic E-state index is 11.5. The molecule has 0 bridgehead atoms. The van der Waals surface area contributed by atoms with Crippen LogP contribution in [0.4, 0.5) is 0 Å². The van der Waals surface area contributed by atoms with Gasteiger partial charge in [0.2, 0.25) is 0 Å². The number of hydrogen-bond donors (Lipinski definition) is 2. The second kappa shape index (κ2) is 7.78. The SMILES string of the molecule is CCOCCOc1cc(B(O)O)ccc1C(=O)OC. The molecule has 0 aliphatic carbocycles. The van der Waals surface area contributed by atoms with Gasteiger partial charge < -0.3 is 24.3 Å². The van der Waals surface area contributed by atoms with Crippen LogP contribution < -0.4 is 10.2 Å². The Morgan fingerprint density at radius 2 is 2.05 bits per heavy atom. The zero-order chi connectivity index (χ0) is 14.3. The molecule has 104 valence electrons. The zero-order valence-electron chi connectivity index (χ0n) is 11.0. The molecule has 0 unspecified atom stereocenters. The number of esters is 1. The van der Waals surface area contributed by atoms with Crippen LogP contribution in [0.2, 0.25) is 0 Å². The van der Waals surface area contributed by atoms with E-state index in [1.54, 1.807) is 0 Å². The van der Waals surface area contributed by atoms with Gasteiger partial charge in [-0.3, -0.25) is 0 Å². The third kappa shape index (κ3) is 4.55. The monoisotopic (exact) mass is 268 g/mol. The van der Waals surface area contributed by atoms with Crippen LogP contribution in [0, 0.1) is 0 Å². The van der Waals surface area contributed by atoms with Crippen molar-refractivity contribution in [2.45, 2.75) is 6.92 Å². The molecule has 0 amide bonds. The lowest BCUT2D eigenvalue weighted by Crippen LogP contribution is -2.30. The molecular formula is C12H17BO6. The molecule has 0 aromatic heterocycles. The molecule has 0 saturated carbocycles. The average molecular weight is 268 g/mol. The fourth-order valence-electron chi connectivity index (χ4n) is 1.45. The molecular weight excluding hydrogens is 251 g/mol. The van der Waals surface area contributed by atoms with Crippen LogP contribution in [-0.4, -0.2) is 50.1 Å². The Hall–Kier alpha value is -1.57. The second-order valence-corrected chi connectivity index (χ2v) is 3.67. The van der Waals surface area contributed by atoms with E-state index < -0.39 is 13.1 Å². The first-order valence-electron chi connectivity index (χ1n) is 5.89. The normalized spacial score (nSPS) is 10.1. The Balaban J connectivity index is 2.88. The molecule has 1 rings (SSSR count). The van der Waals surface area contributed by atoms with Crippen molar-refractivity contribution >= 4 is 18.6 Å². The van der Waals surface area contributed by atoms with E-state index in [1.165, 1.54) is 25.3 Å². The quantitative estimate of drug-likeness (QED) is 0.396. The molecule has 0 aliphatic heterocycles. The van der Waals surface area contributed by atoms with Crippen LogP contribution >= 0.6 is 0 Å². The minimum absolute atomic E-state index is 0.225. The van der Waals surface area contributed by atoms with Gasteiger partial charge in [0.15, 0.2) is 0 Å². The van der Waals surface area contributed by atoms with Gasteiger partial charge in [-0.05, 0) is 24.5 Å². The van der Waals surface area contributed by atoms with E-state index >= 15 is 0 Å². The number of carbonyl (C=O) groups excluding carboxylic acids is 1. The summed E-state index contributed by atoms with van der Waals surface area (Å²) in [6.07, 6.45) is 0.